The molecule has 0 amide bonds. The molecule has 25 heavy (non-hydrogen) atoms. The molecule has 3 aromatic heterocycles. The van der Waals surface area contributed by atoms with Crippen LogP contribution in [-0.2, 0) is 0 Å². The molecule has 0 saturated heterocycles. The van der Waals surface area contributed by atoms with Crippen LogP contribution in [0.5, 0.6) is 0 Å². The standard InChI is InChI=1S/C15H12N8OS/c24-13-11-8-16-22(9-4-2-1-3-5-9)12(11)17-14(18-13)25-15-19-20-21-23(15)10-6-7-10/h1-5,8,10H,6-7H2,(H,17,18,24). The summed E-state index contributed by atoms with van der Waals surface area (Å²) in [5.74, 6) is 0. The fourth-order valence-electron chi connectivity index (χ4n) is 2.59. The number of aromatic amines is 1. The topological polar surface area (TPSA) is 107 Å². The molecule has 0 bridgehead atoms. The molecule has 0 aliphatic heterocycles. The van der Waals surface area contributed by atoms with Crippen LogP contribution in [0.1, 0.15) is 18.9 Å². The number of hydrogen-bond acceptors (Lipinski definition) is 7. The Morgan fingerprint density at radius 1 is 1.20 bits per heavy atom. The Labute approximate surface area is 145 Å². The molecule has 10 heteroatoms. The lowest BCUT2D eigenvalue weighted by molar-refractivity contribution is 0.565. The fraction of sp³-hybridized carbons (Fsp3) is 0.200. The van der Waals surface area contributed by atoms with Crippen LogP contribution in [0.2, 0.25) is 0 Å². The van der Waals surface area contributed by atoms with Crippen molar-refractivity contribution in [2.24, 2.45) is 0 Å². The number of hydrogen-bond donors (Lipinski definition) is 1. The number of rotatable bonds is 4. The van der Waals surface area contributed by atoms with Gasteiger partial charge in [0, 0.05) is 0 Å². The van der Waals surface area contributed by atoms with E-state index < -0.39 is 0 Å². The van der Waals surface area contributed by atoms with Crippen LogP contribution in [-0.4, -0.2) is 40.0 Å². The third kappa shape index (κ3) is 2.50. The second-order valence-corrected chi connectivity index (χ2v) is 6.70. The highest BCUT2D eigenvalue weighted by molar-refractivity contribution is 7.99. The minimum Gasteiger partial charge on any atom is -0.300 e. The number of para-hydroxylation sites is 1. The van der Waals surface area contributed by atoms with Crippen LogP contribution in [0.3, 0.4) is 0 Å². The zero-order valence-corrected chi connectivity index (χ0v) is 13.7. The Morgan fingerprint density at radius 3 is 2.84 bits per heavy atom. The first kappa shape index (κ1) is 14.3. The maximum atomic E-state index is 12.4. The predicted molar refractivity (Wildman–Crippen MR) is 89.7 cm³/mol. The highest BCUT2D eigenvalue weighted by atomic mass is 32.2. The number of H-pyrrole nitrogens is 1. The van der Waals surface area contributed by atoms with Gasteiger partial charge >= 0.3 is 0 Å². The molecule has 0 unspecified atom stereocenters. The number of aromatic nitrogens is 8. The quantitative estimate of drug-likeness (QED) is 0.556. The highest BCUT2D eigenvalue weighted by Gasteiger charge is 2.28. The molecule has 1 aliphatic rings. The van der Waals surface area contributed by atoms with Gasteiger partial charge in [0.2, 0.25) is 5.16 Å². The summed E-state index contributed by atoms with van der Waals surface area (Å²) in [6.45, 7) is 0. The monoisotopic (exact) mass is 352 g/mol. The minimum atomic E-state index is -0.236. The van der Waals surface area contributed by atoms with Crippen molar-refractivity contribution in [2.45, 2.75) is 29.2 Å². The van der Waals surface area contributed by atoms with Crippen molar-refractivity contribution in [2.75, 3.05) is 0 Å². The number of nitrogens with zero attached hydrogens (tertiary/aromatic N) is 7. The van der Waals surface area contributed by atoms with E-state index in [1.165, 1.54) is 18.0 Å². The molecule has 3 heterocycles. The van der Waals surface area contributed by atoms with Gasteiger partial charge < -0.3 is 4.98 Å². The first-order valence-corrected chi connectivity index (χ1v) is 8.60. The van der Waals surface area contributed by atoms with E-state index in [-0.39, 0.29) is 5.56 Å². The largest absolute Gasteiger partial charge is 0.300 e. The number of fused-ring (bicyclic) bond motifs is 1. The first-order valence-electron chi connectivity index (χ1n) is 7.79. The van der Waals surface area contributed by atoms with Gasteiger partial charge in [-0.3, -0.25) is 4.79 Å². The van der Waals surface area contributed by atoms with Crippen LogP contribution >= 0.6 is 11.8 Å². The second-order valence-electron chi connectivity index (χ2n) is 5.74. The van der Waals surface area contributed by atoms with Crippen molar-refractivity contribution in [3.63, 3.8) is 0 Å². The van der Waals surface area contributed by atoms with Crippen molar-refractivity contribution in [3.8, 4) is 5.69 Å². The third-order valence-corrected chi connectivity index (χ3v) is 4.80. The van der Waals surface area contributed by atoms with E-state index in [1.807, 2.05) is 30.3 Å². The third-order valence-electron chi connectivity index (χ3n) is 3.96. The van der Waals surface area contributed by atoms with Crippen LogP contribution < -0.4 is 5.56 Å². The van der Waals surface area contributed by atoms with Crippen LogP contribution in [0.25, 0.3) is 16.7 Å². The van der Waals surface area contributed by atoms with Gasteiger partial charge in [0.15, 0.2) is 10.8 Å². The van der Waals surface area contributed by atoms with Crippen molar-refractivity contribution < 1.29 is 0 Å². The van der Waals surface area contributed by atoms with Crippen LogP contribution in [0.4, 0.5) is 0 Å². The summed E-state index contributed by atoms with van der Waals surface area (Å²) < 4.78 is 3.43. The van der Waals surface area contributed by atoms with Crippen molar-refractivity contribution >= 4 is 22.8 Å². The van der Waals surface area contributed by atoms with Gasteiger partial charge in [-0.15, -0.1) is 5.10 Å². The van der Waals surface area contributed by atoms with Crippen molar-refractivity contribution in [3.05, 3.63) is 46.9 Å². The van der Waals surface area contributed by atoms with Gasteiger partial charge in [-0.05, 0) is 47.2 Å². The Balaban J connectivity index is 1.60. The number of tetrazole rings is 1. The molecule has 124 valence electrons. The lowest BCUT2D eigenvalue weighted by Crippen LogP contribution is -2.10. The average Bonchev–Trinajstić information content (AvgIpc) is 3.21. The van der Waals surface area contributed by atoms with E-state index in [9.17, 15) is 4.79 Å². The summed E-state index contributed by atoms with van der Waals surface area (Å²) in [7, 11) is 0. The molecule has 0 atom stereocenters. The fourth-order valence-corrected chi connectivity index (χ4v) is 3.40. The normalized spacial score (nSPS) is 14.2. The Morgan fingerprint density at radius 2 is 2.04 bits per heavy atom. The summed E-state index contributed by atoms with van der Waals surface area (Å²) >= 11 is 1.24. The Bertz CT molecular complexity index is 1110. The van der Waals surface area contributed by atoms with Gasteiger partial charge in [-0.2, -0.15) is 5.10 Å². The number of benzene rings is 1. The molecule has 1 N–H and O–H groups in total. The van der Waals surface area contributed by atoms with Gasteiger partial charge in [-0.1, -0.05) is 18.2 Å². The summed E-state index contributed by atoms with van der Waals surface area (Å²) in [5.41, 5.74) is 1.11. The zero-order chi connectivity index (χ0) is 16.8. The summed E-state index contributed by atoms with van der Waals surface area (Å²) in [5, 5.41) is 17.6. The molecule has 1 aromatic carbocycles. The average molecular weight is 352 g/mol. The van der Waals surface area contributed by atoms with Crippen LogP contribution in [0.15, 0.2) is 51.6 Å². The lowest BCUT2D eigenvalue weighted by atomic mass is 10.3. The van der Waals surface area contributed by atoms with E-state index in [4.69, 9.17) is 0 Å². The predicted octanol–water partition coefficient (Wildman–Crippen LogP) is 1.58. The van der Waals surface area contributed by atoms with Crippen molar-refractivity contribution in [1.82, 2.24) is 40.0 Å². The molecule has 0 spiro atoms. The summed E-state index contributed by atoms with van der Waals surface area (Å²) in [6.07, 6.45) is 3.67. The van der Waals surface area contributed by atoms with E-state index in [2.05, 4.69) is 30.6 Å². The molecule has 5 rings (SSSR count). The second kappa shape index (κ2) is 5.52. The summed E-state index contributed by atoms with van der Waals surface area (Å²) in [6, 6.07) is 9.92. The molecule has 9 nitrogen and oxygen atoms in total. The maximum Gasteiger partial charge on any atom is 0.262 e. The lowest BCUT2D eigenvalue weighted by Gasteiger charge is -2.04. The molecule has 1 fully saturated rings. The van der Waals surface area contributed by atoms with Crippen molar-refractivity contribution in [1.29, 1.82) is 0 Å². The minimum absolute atomic E-state index is 0.236. The van der Waals surface area contributed by atoms with E-state index in [0.717, 1.165) is 18.5 Å². The van der Waals surface area contributed by atoms with Gasteiger partial charge in [0.05, 0.1) is 17.9 Å². The van der Waals surface area contributed by atoms with Gasteiger partial charge in [0.25, 0.3) is 5.56 Å². The zero-order valence-electron chi connectivity index (χ0n) is 12.9. The maximum absolute atomic E-state index is 12.4. The molecule has 0 radical (unpaired) electrons. The molecule has 4 aromatic rings. The highest BCUT2D eigenvalue weighted by Crippen LogP contribution is 2.37. The molecule has 1 aliphatic carbocycles. The Kier molecular flexibility index (Phi) is 3.17. The Hall–Kier alpha value is -3.01. The van der Waals surface area contributed by atoms with E-state index >= 15 is 0 Å². The van der Waals surface area contributed by atoms with E-state index in [1.54, 1.807) is 9.36 Å². The molecular weight excluding hydrogens is 340 g/mol. The van der Waals surface area contributed by atoms with Gasteiger partial charge in [0.1, 0.15) is 5.39 Å². The smallest absolute Gasteiger partial charge is 0.262 e. The molecule has 1 saturated carbocycles. The summed E-state index contributed by atoms with van der Waals surface area (Å²) in [4.78, 5) is 19.7. The van der Waals surface area contributed by atoms with Crippen LogP contribution in [0, 0.1) is 0 Å². The number of nitrogens with one attached hydrogen (secondary N) is 1. The first-order chi connectivity index (χ1) is 12.3. The SMILES string of the molecule is O=c1[nH]c(Sc2nnnn2C2CC2)nc2c1cnn2-c1ccccc1. The van der Waals surface area contributed by atoms with E-state index in [0.29, 0.717) is 27.4 Å². The van der Waals surface area contributed by atoms with Gasteiger partial charge in [-0.25, -0.2) is 14.3 Å². The molecular formula is C15H12N8OS.